The van der Waals surface area contributed by atoms with Gasteiger partial charge < -0.3 is 9.80 Å². The van der Waals surface area contributed by atoms with E-state index in [9.17, 15) is 0 Å². The van der Waals surface area contributed by atoms with Crippen molar-refractivity contribution in [2.24, 2.45) is 10.2 Å². The Hall–Kier alpha value is -2.20. The van der Waals surface area contributed by atoms with Gasteiger partial charge in [-0.15, -0.1) is 0 Å². The van der Waals surface area contributed by atoms with Crippen molar-refractivity contribution in [1.29, 1.82) is 0 Å². The minimum atomic E-state index is 0.448. The summed E-state index contributed by atoms with van der Waals surface area (Å²) >= 11 is 10.7. The van der Waals surface area contributed by atoms with Crippen LogP contribution in [0.25, 0.3) is 0 Å². The molecule has 27 heavy (non-hydrogen) atoms. The van der Waals surface area contributed by atoms with E-state index in [1.165, 1.54) is 0 Å². The highest BCUT2D eigenvalue weighted by Crippen LogP contribution is 1.98. The van der Waals surface area contributed by atoms with Gasteiger partial charge in [0.05, 0.1) is 5.71 Å². The van der Waals surface area contributed by atoms with Crippen molar-refractivity contribution in [2.45, 2.75) is 34.6 Å². The number of hydrogen-bond acceptors (Lipinski definition) is 6. The van der Waals surface area contributed by atoms with Crippen molar-refractivity contribution in [3.63, 3.8) is 0 Å². The standard InChI is InChI=1S/C17H28N8S2/c1-6-24(7-2)16(26)22-20-13(5)14(15-18-11-10-12-19-15)21-23-17(27)25(8-3)9-4/h10-12H,6-9H2,1-5H3,(H,22,26)(H,23,27)/b20-13+,21-14-. The van der Waals surface area contributed by atoms with E-state index < -0.39 is 0 Å². The summed E-state index contributed by atoms with van der Waals surface area (Å²) in [6, 6.07) is 1.75. The summed E-state index contributed by atoms with van der Waals surface area (Å²) in [6.45, 7) is 13.2. The van der Waals surface area contributed by atoms with Crippen LogP contribution in [0.2, 0.25) is 0 Å². The SMILES string of the molecule is CCN(CC)C(=S)N/N=C(/C(C)=N/NC(=S)N(CC)CC)c1ncccn1. The van der Waals surface area contributed by atoms with Crippen LogP contribution in [0.3, 0.4) is 0 Å². The van der Waals surface area contributed by atoms with E-state index in [0.717, 1.165) is 26.2 Å². The summed E-state index contributed by atoms with van der Waals surface area (Å²) in [6.07, 6.45) is 3.31. The molecule has 8 nitrogen and oxygen atoms in total. The van der Waals surface area contributed by atoms with Gasteiger partial charge in [0.1, 0.15) is 0 Å². The van der Waals surface area contributed by atoms with Gasteiger partial charge in [0, 0.05) is 38.6 Å². The monoisotopic (exact) mass is 408 g/mol. The average molecular weight is 409 g/mol. The Kier molecular flexibility index (Phi) is 10.3. The largest absolute Gasteiger partial charge is 0.348 e. The lowest BCUT2D eigenvalue weighted by Crippen LogP contribution is -2.39. The van der Waals surface area contributed by atoms with Gasteiger partial charge >= 0.3 is 0 Å². The van der Waals surface area contributed by atoms with Crippen LogP contribution >= 0.6 is 24.4 Å². The third kappa shape index (κ3) is 7.14. The second-order valence-corrected chi connectivity index (χ2v) is 6.18. The van der Waals surface area contributed by atoms with Crippen LogP contribution in [0, 0.1) is 0 Å². The van der Waals surface area contributed by atoms with Crippen LogP contribution in [0.1, 0.15) is 40.4 Å². The Bertz CT molecular complexity index is 667. The summed E-state index contributed by atoms with van der Waals surface area (Å²) < 4.78 is 0. The fourth-order valence-electron chi connectivity index (χ4n) is 2.17. The Morgan fingerprint density at radius 2 is 1.33 bits per heavy atom. The highest BCUT2D eigenvalue weighted by atomic mass is 32.1. The summed E-state index contributed by atoms with van der Waals surface area (Å²) in [5, 5.41) is 9.85. The number of hydrazone groups is 2. The molecule has 0 saturated carbocycles. The van der Waals surface area contributed by atoms with E-state index in [-0.39, 0.29) is 0 Å². The maximum Gasteiger partial charge on any atom is 0.189 e. The van der Waals surface area contributed by atoms with Crippen LogP contribution in [0.15, 0.2) is 28.7 Å². The first kappa shape index (κ1) is 22.8. The molecule has 1 heterocycles. The zero-order valence-corrected chi connectivity index (χ0v) is 18.2. The van der Waals surface area contributed by atoms with Gasteiger partial charge in [0.2, 0.25) is 0 Å². The maximum atomic E-state index is 5.38. The molecule has 0 aromatic carbocycles. The van der Waals surface area contributed by atoms with Gasteiger partial charge in [-0.1, -0.05) is 0 Å². The van der Waals surface area contributed by atoms with Crippen molar-refractivity contribution in [3.05, 3.63) is 24.3 Å². The highest BCUT2D eigenvalue weighted by molar-refractivity contribution is 7.80. The molecule has 148 valence electrons. The van der Waals surface area contributed by atoms with Crippen molar-refractivity contribution >= 4 is 46.1 Å². The fourth-order valence-corrected chi connectivity index (χ4v) is 2.77. The second-order valence-electron chi connectivity index (χ2n) is 5.41. The number of aromatic nitrogens is 2. The van der Waals surface area contributed by atoms with Gasteiger partial charge in [0.15, 0.2) is 21.8 Å². The van der Waals surface area contributed by atoms with Gasteiger partial charge in [-0.3, -0.25) is 10.9 Å². The molecule has 0 aliphatic carbocycles. The van der Waals surface area contributed by atoms with Gasteiger partial charge in [0.25, 0.3) is 0 Å². The molecule has 0 fully saturated rings. The molecular weight excluding hydrogens is 380 g/mol. The first-order valence-corrected chi connectivity index (χ1v) is 9.79. The van der Waals surface area contributed by atoms with E-state index in [0.29, 0.717) is 27.5 Å². The number of nitrogens with zero attached hydrogens (tertiary/aromatic N) is 6. The lowest BCUT2D eigenvalue weighted by molar-refractivity contribution is 0.457. The zero-order valence-electron chi connectivity index (χ0n) is 16.6. The molecule has 0 radical (unpaired) electrons. The van der Waals surface area contributed by atoms with Crippen LogP contribution in [-0.4, -0.2) is 67.6 Å². The Morgan fingerprint density at radius 1 is 0.889 bits per heavy atom. The van der Waals surface area contributed by atoms with Crippen LogP contribution in [0.5, 0.6) is 0 Å². The smallest absolute Gasteiger partial charge is 0.189 e. The quantitative estimate of drug-likeness (QED) is 0.384. The second kappa shape index (κ2) is 12.2. The molecule has 0 saturated heterocycles. The van der Waals surface area contributed by atoms with E-state index in [4.69, 9.17) is 24.4 Å². The van der Waals surface area contributed by atoms with Crippen LogP contribution in [-0.2, 0) is 0 Å². The summed E-state index contributed by atoms with van der Waals surface area (Å²) in [5.41, 5.74) is 6.89. The lowest BCUT2D eigenvalue weighted by atomic mass is 10.2. The molecule has 0 aliphatic heterocycles. The Labute approximate surface area is 172 Å². The molecule has 0 bridgehead atoms. The third-order valence-electron chi connectivity index (χ3n) is 3.80. The topological polar surface area (TPSA) is 81.0 Å². The predicted octanol–water partition coefficient (Wildman–Crippen LogP) is 1.99. The molecule has 10 heteroatoms. The van der Waals surface area contributed by atoms with E-state index in [2.05, 4.69) is 31.0 Å². The number of thiocarbonyl (C=S) groups is 2. The lowest BCUT2D eigenvalue weighted by Gasteiger charge is -2.21. The molecule has 0 unspecified atom stereocenters. The number of hydrogen-bond donors (Lipinski definition) is 2. The predicted molar refractivity (Wildman–Crippen MR) is 119 cm³/mol. The number of nitrogens with one attached hydrogen (secondary N) is 2. The normalized spacial score (nSPS) is 11.7. The van der Waals surface area contributed by atoms with Crippen LogP contribution < -0.4 is 10.9 Å². The minimum Gasteiger partial charge on any atom is -0.348 e. The first-order valence-electron chi connectivity index (χ1n) is 8.97. The van der Waals surface area contributed by atoms with Crippen molar-refractivity contribution in [1.82, 2.24) is 30.6 Å². The third-order valence-corrected chi connectivity index (χ3v) is 4.50. The van der Waals surface area contributed by atoms with E-state index >= 15 is 0 Å². The molecule has 1 rings (SSSR count). The van der Waals surface area contributed by atoms with Gasteiger partial charge in [-0.05, 0) is 65.1 Å². The maximum absolute atomic E-state index is 5.38. The Balaban J connectivity index is 3.04. The van der Waals surface area contributed by atoms with Crippen molar-refractivity contribution in [2.75, 3.05) is 26.2 Å². The van der Waals surface area contributed by atoms with Crippen LogP contribution in [0.4, 0.5) is 0 Å². The van der Waals surface area contributed by atoms with E-state index in [1.807, 2.05) is 44.4 Å². The summed E-state index contributed by atoms with van der Waals surface area (Å²) in [5.74, 6) is 0.448. The van der Waals surface area contributed by atoms with Crippen molar-refractivity contribution < 1.29 is 0 Å². The molecule has 0 atom stereocenters. The molecular formula is C17H28N8S2. The van der Waals surface area contributed by atoms with Crippen molar-refractivity contribution in [3.8, 4) is 0 Å². The van der Waals surface area contributed by atoms with Gasteiger partial charge in [-0.25, -0.2) is 9.97 Å². The first-order chi connectivity index (χ1) is 13.0. The number of rotatable bonds is 8. The molecule has 1 aromatic rings. The molecule has 1 aromatic heterocycles. The molecule has 0 amide bonds. The fraction of sp³-hybridized carbons (Fsp3) is 0.529. The highest BCUT2D eigenvalue weighted by Gasteiger charge is 2.13. The average Bonchev–Trinajstić information content (AvgIpc) is 2.69. The molecule has 0 aliphatic rings. The summed E-state index contributed by atoms with van der Waals surface area (Å²) in [7, 11) is 0. The zero-order chi connectivity index (χ0) is 20.2. The summed E-state index contributed by atoms with van der Waals surface area (Å²) in [4.78, 5) is 12.5. The molecule has 2 N–H and O–H groups in total. The molecule has 0 spiro atoms. The van der Waals surface area contributed by atoms with Gasteiger partial charge in [-0.2, -0.15) is 10.2 Å². The minimum absolute atomic E-state index is 0.448. The van der Waals surface area contributed by atoms with E-state index in [1.54, 1.807) is 18.5 Å². The Morgan fingerprint density at radius 3 is 1.78 bits per heavy atom.